The third kappa shape index (κ3) is 4.85. The lowest BCUT2D eigenvalue weighted by Crippen LogP contribution is -2.37. The van der Waals surface area contributed by atoms with Gasteiger partial charge in [-0.25, -0.2) is 17.9 Å². The Labute approximate surface area is 162 Å². The molecule has 0 aliphatic carbocycles. The Morgan fingerprint density at radius 1 is 1.15 bits per heavy atom. The standard InChI is InChI=1S/C18H19ClN2O5S/c1-12(17(22)21(3)13-7-5-4-6-8-13)26-18(23)15-11-14(9-10-16(15)19)27(24,25)20-2/h4-12,20H,1-3H3/t12-/m1/s1. The molecule has 1 N–H and O–H groups in total. The van der Waals surface area contributed by atoms with Gasteiger partial charge in [-0.3, -0.25) is 4.79 Å². The summed E-state index contributed by atoms with van der Waals surface area (Å²) in [4.78, 5) is 26.1. The van der Waals surface area contributed by atoms with Crippen LogP contribution >= 0.6 is 11.6 Å². The van der Waals surface area contributed by atoms with Crippen molar-refractivity contribution in [3.8, 4) is 0 Å². The van der Waals surface area contributed by atoms with Gasteiger partial charge in [0.25, 0.3) is 5.91 Å². The topological polar surface area (TPSA) is 92.8 Å². The lowest BCUT2D eigenvalue weighted by Gasteiger charge is -2.21. The van der Waals surface area contributed by atoms with E-state index in [4.69, 9.17) is 16.3 Å². The van der Waals surface area contributed by atoms with Gasteiger partial charge in [0.2, 0.25) is 10.0 Å². The first kappa shape index (κ1) is 20.9. The van der Waals surface area contributed by atoms with E-state index in [2.05, 4.69) is 4.72 Å². The highest BCUT2D eigenvalue weighted by Gasteiger charge is 2.25. The average molecular weight is 411 g/mol. The van der Waals surface area contributed by atoms with Gasteiger partial charge >= 0.3 is 5.97 Å². The van der Waals surface area contributed by atoms with Crippen LogP contribution in [0.3, 0.4) is 0 Å². The van der Waals surface area contributed by atoms with Crippen molar-refractivity contribution >= 4 is 39.2 Å². The molecule has 0 aliphatic heterocycles. The quantitative estimate of drug-likeness (QED) is 0.738. The average Bonchev–Trinajstić information content (AvgIpc) is 2.67. The SMILES string of the molecule is CNS(=O)(=O)c1ccc(Cl)c(C(=O)O[C@H](C)C(=O)N(C)c2ccccc2)c1. The van der Waals surface area contributed by atoms with Crippen LogP contribution in [0.15, 0.2) is 53.4 Å². The Morgan fingerprint density at radius 2 is 1.78 bits per heavy atom. The molecule has 0 unspecified atom stereocenters. The molecule has 0 saturated heterocycles. The van der Waals surface area contributed by atoms with Crippen molar-refractivity contribution < 1.29 is 22.7 Å². The monoisotopic (exact) mass is 410 g/mol. The number of esters is 1. The number of rotatable bonds is 6. The lowest BCUT2D eigenvalue weighted by molar-refractivity contribution is -0.126. The molecule has 1 amide bonds. The molecule has 0 radical (unpaired) electrons. The zero-order valence-electron chi connectivity index (χ0n) is 15.0. The van der Waals surface area contributed by atoms with Crippen molar-refractivity contribution in [2.75, 3.05) is 19.0 Å². The van der Waals surface area contributed by atoms with Crippen molar-refractivity contribution in [3.05, 3.63) is 59.1 Å². The van der Waals surface area contributed by atoms with Crippen molar-refractivity contribution in [1.29, 1.82) is 0 Å². The normalized spacial score (nSPS) is 12.3. The number of benzene rings is 2. The number of amides is 1. The first-order valence-corrected chi connectivity index (χ1v) is 9.80. The molecular formula is C18H19ClN2O5S. The number of hydrogen-bond acceptors (Lipinski definition) is 5. The number of anilines is 1. The Kier molecular flexibility index (Phi) is 6.59. The first-order valence-electron chi connectivity index (χ1n) is 7.94. The molecule has 2 rings (SSSR count). The minimum atomic E-state index is -3.76. The van der Waals surface area contributed by atoms with Gasteiger partial charge in [-0.05, 0) is 44.3 Å². The smallest absolute Gasteiger partial charge is 0.340 e. The van der Waals surface area contributed by atoms with Gasteiger partial charge in [-0.15, -0.1) is 0 Å². The fourth-order valence-electron chi connectivity index (χ4n) is 2.27. The number of nitrogens with one attached hydrogen (secondary N) is 1. The van der Waals surface area contributed by atoms with Crippen LogP contribution in [0.5, 0.6) is 0 Å². The highest BCUT2D eigenvalue weighted by Crippen LogP contribution is 2.22. The van der Waals surface area contributed by atoms with E-state index in [1.165, 1.54) is 31.0 Å². The molecule has 2 aromatic rings. The van der Waals surface area contributed by atoms with E-state index in [9.17, 15) is 18.0 Å². The maximum absolute atomic E-state index is 12.5. The van der Waals surface area contributed by atoms with E-state index in [1.54, 1.807) is 31.3 Å². The van der Waals surface area contributed by atoms with Crippen LogP contribution in [0.2, 0.25) is 5.02 Å². The predicted molar refractivity (Wildman–Crippen MR) is 102 cm³/mol. The van der Waals surface area contributed by atoms with Crippen LogP contribution in [0.25, 0.3) is 0 Å². The van der Waals surface area contributed by atoms with Gasteiger partial charge < -0.3 is 9.64 Å². The Balaban J connectivity index is 2.19. The van der Waals surface area contributed by atoms with Crippen molar-refractivity contribution in [3.63, 3.8) is 0 Å². The summed E-state index contributed by atoms with van der Waals surface area (Å²) in [7, 11) is -0.940. The number of halogens is 1. The molecule has 9 heteroatoms. The number of ether oxygens (including phenoxy) is 1. The molecule has 0 fully saturated rings. The zero-order valence-corrected chi connectivity index (χ0v) is 16.5. The van der Waals surface area contributed by atoms with Crippen LogP contribution in [-0.4, -0.2) is 40.5 Å². The second-order valence-electron chi connectivity index (χ2n) is 5.63. The summed E-state index contributed by atoms with van der Waals surface area (Å²) in [6, 6.07) is 12.5. The number of hydrogen-bond donors (Lipinski definition) is 1. The molecule has 7 nitrogen and oxygen atoms in total. The summed E-state index contributed by atoms with van der Waals surface area (Å²) in [5.41, 5.74) is 0.501. The number of carbonyl (C=O) groups is 2. The Hall–Kier alpha value is -2.42. The van der Waals surface area contributed by atoms with Gasteiger partial charge in [-0.2, -0.15) is 0 Å². The zero-order chi connectivity index (χ0) is 20.2. The van der Waals surface area contributed by atoms with Gasteiger partial charge in [0, 0.05) is 12.7 Å². The van der Waals surface area contributed by atoms with Gasteiger partial charge in [0.15, 0.2) is 6.10 Å². The van der Waals surface area contributed by atoms with Crippen LogP contribution in [0.4, 0.5) is 5.69 Å². The van der Waals surface area contributed by atoms with Crippen molar-refractivity contribution in [2.45, 2.75) is 17.9 Å². The highest BCUT2D eigenvalue weighted by atomic mass is 35.5. The molecule has 27 heavy (non-hydrogen) atoms. The molecule has 0 aliphatic rings. The minimum absolute atomic E-state index is 0.0196. The lowest BCUT2D eigenvalue weighted by atomic mass is 10.2. The number of sulfonamides is 1. The van der Waals surface area contributed by atoms with Crippen molar-refractivity contribution in [2.24, 2.45) is 0 Å². The maximum atomic E-state index is 12.5. The van der Waals surface area contributed by atoms with Crippen LogP contribution in [0, 0.1) is 0 Å². The third-order valence-corrected chi connectivity index (χ3v) is 5.58. The molecule has 0 aromatic heterocycles. The number of likely N-dealkylation sites (N-methyl/N-ethyl adjacent to an activating group) is 1. The Morgan fingerprint density at radius 3 is 2.37 bits per heavy atom. The highest BCUT2D eigenvalue weighted by molar-refractivity contribution is 7.89. The fourth-order valence-corrected chi connectivity index (χ4v) is 3.22. The maximum Gasteiger partial charge on any atom is 0.340 e. The third-order valence-electron chi connectivity index (χ3n) is 3.84. The van der Waals surface area contributed by atoms with E-state index in [-0.39, 0.29) is 15.5 Å². The predicted octanol–water partition coefficient (Wildman–Crippen LogP) is 2.46. The second-order valence-corrected chi connectivity index (χ2v) is 7.92. The Bertz CT molecular complexity index is 947. The summed E-state index contributed by atoms with van der Waals surface area (Å²) < 4.78 is 31.1. The first-order chi connectivity index (χ1) is 12.7. The fraction of sp³-hybridized carbons (Fsp3) is 0.222. The summed E-state index contributed by atoms with van der Waals surface area (Å²) in [6.45, 7) is 1.43. The number of carbonyl (C=O) groups excluding carboxylic acids is 2. The van der Waals surface area contributed by atoms with Crippen LogP contribution in [0.1, 0.15) is 17.3 Å². The van der Waals surface area contributed by atoms with Crippen LogP contribution in [-0.2, 0) is 19.6 Å². The molecule has 0 spiro atoms. The molecule has 0 heterocycles. The largest absolute Gasteiger partial charge is 0.449 e. The summed E-state index contributed by atoms with van der Waals surface area (Å²) in [5, 5.41) is 0.0196. The molecule has 0 bridgehead atoms. The van der Waals surface area contributed by atoms with Crippen molar-refractivity contribution in [1.82, 2.24) is 4.72 Å². The minimum Gasteiger partial charge on any atom is -0.449 e. The van der Waals surface area contributed by atoms with E-state index < -0.39 is 28.0 Å². The summed E-state index contributed by atoms with van der Waals surface area (Å²) in [6.07, 6.45) is -1.09. The molecular weight excluding hydrogens is 392 g/mol. The number of nitrogens with zero attached hydrogens (tertiary/aromatic N) is 1. The summed E-state index contributed by atoms with van der Waals surface area (Å²) >= 11 is 5.99. The van der Waals surface area contributed by atoms with E-state index in [0.717, 1.165) is 6.07 Å². The molecule has 0 saturated carbocycles. The van der Waals surface area contributed by atoms with Gasteiger partial charge in [-0.1, -0.05) is 29.8 Å². The molecule has 1 atom stereocenters. The van der Waals surface area contributed by atoms with Crippen LogP contribution < -0.4 is 9.62 Å². The second kappa shape index (κ2) is 8.51. The van der Waals surface area contributed by atoms with E-state index in [1.807, 2.05) is 6.07 Å². The van der Waals surface area contributed by atoms with Gasteiger partial charge in [0.1, 0.15) is 0 Å². The molecule has 2 aromatic carbocycles. The molecule has 144 valence electrons. The van der Waals surface area contributed by atoms with Gasteiger partial charge in [0.05, 0.1) is 15.5 Å². The summed E-state index contributed by atoms with van der Waals surface area (Å²) in [5.74, 6) is -1.33. The van der Waals surface area contributed by atoms with E-state index >= 15 is 0 Å². The number of para-hydroxylation sites is 1. The van der Waals surface area contributed by atoms with E-state index in [0.29, 0.717) is 5.69 Å².